The van der Waals surface area contributed by atoms with Gasteiger partial charge in [0.25, 0.3) is 5.91 Å². The van der Waals surface area contributed by atoms with Gasteiger partial charge in [0, 0.05) is 12.3 Å². The number of hydrogen-bond donors (Lipinski definition) is 2. The largest absolute Gasteiger partial charge is 0.496 e. The highest BCUT2D eigenvalue weighted by molar-refractivity contribution is 6.02. The summed E-state index contributed by atoms with van der Waals surface area (Å²) in [5.74, 6) is 0.784. The van der Waals surface area contributed by atoms with E-state index in [9.17, 15) is 4.79 Å². The van der Waals surface area contributed by atoms with Crippen LogP contribution < -0.4 is 25.7 Å². The second kappa shape index (κ2) is 8.63. The summed E-state index contributed by atoms with van der Waals surface area (Å²) in [7, 11) is 3.04. The molecule has 1 heterocycles. The predicted molar refractivity (Wildman–Crippen MR) is 116 cm³/mol. The van der Waals surface area contributed by atoms with Gasteiger partial charge in [-0.1, -0.05) is 6.07 Å². The Labute approximate surface area is 180 Å². The van der Waals surface area contributed by atoms with Gasteiger partial charge in [0.1, 0.15) is 5.75 Å². The van der Waals surface area contributed by atoms with Crippen LogP contribution in [0.5, 0.6) is 23.1 Å². The number of carbonyl (C=O) groups excluding carboxylic acids is 1. The van der Waals surface area contributed by atoms with E-state index >= 15 is 0 Å². The minimum Gasteiger partial charge on any atom is -0.496 e. The molecule has 0 bridgehead atoms. The van der Waals surface area contributed by atoms with Crippen LogP contribution in [0.3, 0.4) is 0 Å². The first kappa shape index (κ1) is 21.5. The van der Waals surface area contributed by atoms with Crippen molar-refractivity contribution in [1.82, 2.24) is 4.98 Å². The summed E-state index contributed by atoms with van der Waals surface area (Å²) >= 11 is 0. The first-order valence-corrected chi connectivity index (χ1v) is 9.31. The van der Waals surface area contributed by atoms with Crippen LogP contribution in [0.15, 0.2) is 36.5 Å². The van der Waals surface area contributed by atoms with Crippen molar-refractivity contribution in [2.45, 2.75) is 13.8 Å². The number of methoxy groups -OCH3 is 2. The average Bonchev–Trinajstić information content (AvgIpc) is 2.75. The summed E-state index contributed by atoms with van der Waals surface area (Å²) in [6.07, 6.45) is 1.28. The summed E-state index contributed by atoms with van der Waals surface area (Å²) in [5, 5.41) is 9.13. The van der Waals surface area contributed by atoms with Crippen molar-refractivity contribution >= 4 is 11.6 Å². The van der Waals surface area contributed by atoms with E-state index in [0.29, 0.717) is 28.4 Å². The van der Waals surface area contributed by atoms with Crippen molar-refractivity contribution in [3.8, 4) is 40.3 Å². The van der Waals surface area contributed by atoms with E-state index in [0.717, 1.165) is 16.7 Å². The average molecular weight is 418 g/mol. The standard InChI is InChI=1S/C23H22N4O4/c1-12-5-7-16(29-3)13(2)19(12)20-21(25)15(22(26)28)11-27-23(20)31-17-8-6-14(10-24)9-18(17)30-4/h5-9,11H,1-4H3,(H2,25,27)(H2,26,28). The molecule has 0 atom stereocenters. The van der Waals surface area contributed by atoms with Crippen LogP contribution in [0.1, 0.15) is 27.0 Å². The lowest BCUT2D eigenvalue weighted by atomic mass is 9.93. The number of nitrogens with zero attached hydrogens (tertiary/aromatic N) is 2. The maximum Gasteiger partial charge on any atom is 0.252 e. The zero-order valence-electron chi connectivity index (χ0n) is 17.6. The van der Waals surface area contributed by atoms with E-state index in [-0.39, 0.29) is 17.1 Å². The van der Waals surface area contributed by atoms with Gasteiger partial charge in [-0.05, 0) is 48.7 Å². The molecule has 0 saturated carbocycles. The zero-order valence-corrected chi connectivity index (χ0v) is 17.6. The number of pyridine rings is 1. The third-order valence-corrected chi connectivity index (χ3v) is 4.94. The number of benzene rings is 2. The molecule has 4 N–H and O–H groups in total. The van der Waals surface area contributed by atoms with Gasteiger partial charge in [0.2, 0.25) is 5.88 Å². The van der Waals surface area contributed by atoms with Gasteiger partial charge >= 0.3 is 0 Å². The van der Waals surface area contributed by atoms with Crippen LogP contribution in [0.2, 0.25) is 0 Å². The van der Waals surface area contributed by atoms with Crippen molar-refractivity contribution in [3.05, 3.63) is 58.8 Å². The Hall–Kier alpha value is -4.25. The molecular weight excluding hydrogens is 396 g/mol. The zero-order chi connectivity index (χ0) is 22.7. The van der Waals surface area contributed by atoms with Gasteiger partial charge in [-0.3, -0.25) is 4.79 Å². The quantitative estimate of drug-likeness (QED) is 0.623. The maximum atomic E-state index is 11.9. The molecule has 3 aromatic rings. The van der Waals surface area contributed by atoms with Crippen LogP contribution in [0, 0.1) is 25.2 Å². The number of primary amides is 1. The summed E-state index contributed by atoms with van der Waals surface area (Å²) in [6, 6.07) is 10.5. The number of aromatic nitrogens is 1. The topological polar surface area (TPSA) is 133 Å². The van der Waals surface area contributed by atoms with Gasteiger partial charge in [0.05, 0.1) is 42.7 Å². The summed E-state index contributed by atoms with van der Waals surface area (Å²) in [5.41, 5.74) is 15.3. The number of amides is 1. The number of nitrogens with two attached hydrogens (primary N) is 2. The molecule has 0 fully saturated rings. The molecule has 31 heavy (non-hydrogen) atoms. The molecule has 1 aromatic heterocycles. The smallest absolute Gasteiger partial charge is 0.252 e. The first-order chi connectivity index (χ1) is 14.8. The molecule has 0 unspecified atom stereocenters. The van der Waals surface area contributed by atoms with E-state index in [1.165, 1.54) is 13.3 Å². The Morgan fingerprint density at radius 1 is 1.03 bits per heavy atom. The van der Waals surface area contributed by atoms with Crippen molar-refractivity contribution in [2.24, 2.45) is 5.73 Å². The normalized spacial score (nSPS) is 10.3. The lowest BCUT2D eigenvalue weighted by molar-refractivity contribution is 0.100. The molecule has 0 aliphatic rings. The molecule has 0 radical (unpaired) electrons. The van der Waals surface area contributed by atoms with Crippen LogP contribution >= 0.6 is 0 Å². The third-order valence-electron chi connectivity index (χ3n) is 4.94. The van der Waals surface area contributed by atoms with E-state index in [1.807, 2.05) is 26.0 Å². The number of nitriles is 1. The van der Waals surface area contributed by atoms with E-state index < -0.39 is 5.91 Å². The molecule has 0 aliphatic heterocycles. The van der Waals surface area contributed by atoms with Gasteiger partial charge in [-0.25, -0.2) is 4.98 Å². The van der Waals surface area contributed by atoms with Crippen molar-refractivity contribution in [2.75, 3.05) is 20.0 Å². The van der Waals surface area contributed by atoms with Gasteiger partial charge in [-0.2, -0.15) is 5.26 Å². The molecule has 0 aliphatic carbocycles. The van der Waals surface area contributed by atoms with Crippen LogP contribution in [0.25, 0.3) is 11.1 Å². The molecule has 0 spiro atoms. The fourth-order valence-corrected chi connectivity index (χ4v) is 3.38. The second-order valence-electron chi connectivity index (χ2n) is 6.79. The summed E-state index contributed by atoms with van der Waals surface area (Å²) in [6.45, 7) is 3.79. The first-order valence-electron chi connectivity index (χ1n) is 9.31. The molecular formula is C23H22N4O4. The van der Waals surface area contributed by atoms with Crippen LogP contribution in [-0.2, 0) is 0 Å². The van der Waals surface area contributed by atoms with E-state index in [1.54, 1.807) is 25.3 Å². The predicted octanol–water partition coefficient (Wildman–Crippen LogP) is 3.73. The number of ether oxygens (including phenoxy) is 3. The van der Waals surface area contributed by atoms with Gasteiger partial charge in [-0.15, -0.1) is 0 Å². The maximum absolute atomic E-state index is 11.9. The lowest BCUT2D eigenvalue weighted by Gasteiger charge is -2.20. The Morgan fingerprint density at radius 3 is 2.32 bits per heavy atom. The molecule has 0 saturated heterocycles. The number of nitrogen functional groups attached to an aromatic ring is 1. The van der Waals surface area contributed by atoms with Crippen LogP contribution in [0.4, 0.5) is 5.69 Å². The van der Waals surface area contributed by atoms with Crippen molar-refractivity contribution < 1.29 is 19.0 Å². The molecule has 158 valence electrons. The SMILES string of the molecule is COc1cc(C#N)ccc1Oc1ncc(C(N)=O)c(N)c1-c1c(C)ccc(OC)c1C. The highest BCUT2D eigenvalue weighted by Gasteiger charge is 2.24. The minimum absolute atomic E-state index is 0.0794. The minimum atomic E-state index is -0.702. The monoisotopic (exact) mass is 418 g/mol. The van der Waals surface area contributed by atoms with Crippen molar-refractivity contribution in [1.29, 1.82) is 5.26 Å². The Bertz CT molecular complexity index is 1220. The Balaban J connectivity index is 2.29. The highest BCUT2D eigenvalue weighted by Crippen LogP contribution is 2.44. The molecule has 3 rings (SSSR count). The fourth-order valence-electron chi connectivity index (χ4n) is 3.38. The Kier molecular flexibility index (Phi) is 5.97. The lowest BCUT2D eigenvalue weighted by Crippen LogP contribution is -2.15. The summed E-state index contributed by atoms with van der Waals surface area (Å²) in [4.78, 5) is 16.2. The number of anilines is 1. The fraction of sp³-hybridized carbons (Fsp3) is 0.174. The number of rotatable bonds is 6. The van der Waals surface area contributed by atoms with E-state index in [4.69, 9.17) is 30.9 Å². The molecule has 1 amide bonds. The second-order valence-corrected chi connectivity index (χ2v) is 6.79. The summed E-state index contributed by atoms with van der Waals surface area (Å²) < 4.78 is 16.9. The Morgan fingerprint density at radius 2 is 1.71 bits per heavy atom. The number of hydrogen-bond acceptors (Lipinski definition) is 7. The number of aryl methyl sites for hydroxylation is 1. The van der Waals surface area contributed by atoms with Crippen LogP contribution in [-0.4, -0.2) is 25.1 Å². The van der Waals surface area contributed by atoms with Crippen molar-refractivity contribution in [3.63, 3.8) is 0 Å². The third kappa shape index (κ3) is 3.94. The molecule has 8 nitrogen and oxygen atoms in total. The van der Waals surface area contributed by atoms with Gasteiger partial charge in [0.15, 0.2) is 11.5 Å². The van der Waals surface area contributed by atoms with Gasteiger partial charge < -0.3 is 25.7 Å². The number of carbonyl (C=O) groups is 1. The highest BCUT2D eigenvalue weighted by atomic mass is 16.5. The van der Waals surface area contributed by atoms with E-state index in [2.05, 4.69) is 11.1 Å². The molecule has 8 heteroatoms. The molecule has 2 aromatic carbocycles.